The van der Waals surface area contributed by atoms with Crippen LogP contribution in [0.25, 0.3) is 0 Å². The van der Waals surface area contributed by atoms with Crippen molar-refractivity contribution in [3.63, 3.8) is 0 Å². The van der Waals surface area contributed by atoms with Crippen LogP contribution in [0.2, 0.25) is 0 Å². The molecule has 0 radical (unpaired) electrons. The van der Waals surface area contributed by atoms with E-state index in [0.717, 1.165) is 18.3 Å². The van der Waals surface area contributed by atoms with Crippen LogP contribution < -0.4 is 9.47 Å². The van der Waals surface area contributed by atoms with Gasteiger partial charge in [-0.3, -0.25) is 4.79 Å². The molecule has 0 amide bonds. The summed E-state index contributed by atoms with van der Waals surface area (Å²) in [5, 5.41) is 0. The lowest BCUT2D eigenvalue weighted by Gasteiger charge is -2.14. The maximum absolute atomic E-state index is 10.8. The largest absolute Gasteiger partial charge is 0.493 e. The molecule has 0 atom stereocenters. The second kappa shape index (κ2) is 5.39. The number of hydrogen-bond donors (Lipinski definition) is 0. The first-order valence-corrected chi connectivity index (χ1v) is 5.06. The fraction of sp³-hybridized carbons (Fsp3) is 0.417. The summed E-state index contributed by atoms with van der Waals surface area (Å²) < 4.78 is 10.7. The van der Waals surface area contributed by atoms with Gasteiger partial charge in [0, 0.05) is 11.1 Å². The Morgan fingerprint density at radius 3 is 2.53 bits per heavy atom. The summed E-state index contributed by atoms with van der Waals surface area (Å²) in [7, 11) is 1.60. The summed E-state index contributed by atoms with van der Waals surface area (Å²) in [6.45, 7) is 4.46. The lowest BCUT2D eigenvalue weighted by molar-refractivity contribution is 0.112. The molecule has 0 aliphatic heterocycles. The highest BCUT2D eigenvalue weighted by molar-refractivity contribution is 5.79. The number of carbonyl (C=O) groups is 1. The van der Waals surface area contributed by atoms with Gasteiger partial charge in [0.1, 0.15) is 6.29 Å². The van der Waals surface area contributed by atoms with Gasteiger partial charge in [0.25, 0.3) is 0 Å². The van der Waals surface area contributed by atoms with Crippen molar-refractivity contribution < 1.29 is 14.3 Å². The molecule has 1 aromatic rings. The fourth-order valence-electron chi connectivity index (χ4n) is 1.56. The van der Waals surface area contributed by atoms with Crippen LogP contribution in [0.5, 0.6) is 11.5 Å². The molecule has 0 heterocycles. The maximum atomic E-state index is 10.8. The summed E-state index contributed by atoms with van der Waals surface area (Å²) in [6.07, 6.45) is 1.60. The summed E-state index contributed by atoms with van der Waals surface area (Å²) in [4.78, 5) is 10.8. The number of rotatable bonds is 5. The van der Waals surface area contributed by atoms with Crippen LogP contribution in [0.1, 0.15) is 29.8 Å². The highest BCUT2D eigenvalue weighted by atomic mass is 16.5. The fourth-order valence-corrected chi connectivity index (χ4v) is 1.56. The maximum Gasteiger partial charge on any atom is 0.165 e. The topological polar surface area (TPSA) is 35.5 Å². The smallest absolute Gasteiger partial charge is 0.165 e. The first-order valence-electron chi connectivity index (χ1n) is 5.06. The molecular formula is C12H16O3. The quantitative estimate of drug-likeness (QED) is 0.697. The molecule has 0 bridgehead atoms. The average molecular weight is 208 g/mol. The molecule has 0 N–H and O–H groups in total. The summed E-state index contributed by atoms with van der Waals surface area (Å²) in [5.41, 5.74) is 1.58. The van der Waals surface area contributed by atoms with Crippen molar-refractivity contribution >= 4 is 6.29 Å². The number of aldehydes is 1. The SMILES string of the molecule is CCOc1c(OC)ccc(C=O)c1CC. The lowest BCUT2D eigenvalue weighted by Crippen LogP contribution is -2.02. The minimum absolute atomic E-state index is 0.561. The molecule has 15 heavy (non-hydrogen) atoms. The van der Waals surface area contributed by atoms with Crippen LogP contribution >= 0.6 is 0 Å². The Morgan fingerprint density at radius 2 is 2.07 bits per heavy atom. The van der Waals surface area contributed by atoms with Crippen LogP contribution in [0, 0.1) is 0 Å². The molecule has 3 heteroatoms. The molecular weight excluding hydrogens is 192 g/mol. The van der Waals surface area contributed by atoms with Crippen molar-refractivity contribution in [3.8, 4) is 11.5 Å². The molecule has 1 rings (SSSR count). The number of hydrogen-bond acceptors (Lipinski definition) is 3. The molecule has 0 saturated heterocycles. The van der Waals surface area contributed by atoms with Crippen molar-refractivity contribution in [2.24, 2.45) is 0 Å². The van der Waals surface area contributed by atoms with E-state index < -0.39 is 0 Å². The van der Waals surface area contributed by atoms with Gasteiger partial charge in [0.2, 0.25) is 0 Å². The van der Waals surface area contributed by atoms with Crippen molar-refractivity contribution in [2.45, 2.75) is 20.3 Å². The first kappa shape index (κ1) is 11.6. The molecule has 0 saturated carbocycles. The van der Waals surface area contributed by atoms with Gasteiger partial charge >= 0.3 is 0 Å². The van der Waals surface area contributed by atoms with E-state index in [2.05, 4.69) is 0 Å². The van der Waals surface area contributed by atoms with E-state index in [4.69, 9.17) is 9.47 Å². The zero-order valence-electron chi connectivity index (χ0n) is 9.37. The van der Waals surface area contributed by atoms with E-state index in [-0.39, 0.29) is 0 Å². The third-order valence-corrected chi connectivity index (χ3v) is 2.25. The monoisotopic (exact) mass is 208 g/mol. The Bertz CT molecular complexity index is 345. The van der Waals surface area contributed by atoms with Gasteiger partial charge in [-0.05, 0) is 25.5 Å². The number of ether oxygens (including phenoxy) is 2. The number of carbonyl (C=O) groups excluding carboxylic acids is 1. The first-order chi connectivity index (χ1) is 7.28. The van der Waals surface area contributed by atoms with E-state index in [9.17, 15) is 4.79 Å². The van der Waals surface area contributed by atoms with Gasteiger partial charge in [-0.15, -0.1) is 0 Å². The molecule has 3 nitrogen and oxygen atoms in total. The standard InChI is InChI=1S/C12H16O3/c1-4-10-9(8-13)6-7-11(14-3)12(10)15-5-2/h6-8H,4-5H2,1-3H3. The summed E-state index contributed by atoms with van der Waals surface area (Å²) >= 11 is 0. The molecule has 0 unspecified atom stereocenters. The van der Waals surface area contributed by atoms with Crippen molar-refractivity contribution in [2.75, 3.05) is 13.7 Å². The van der Waals surface area contributed by atoms with Gasteiger partial charge in [-0.1, -0.05) is 6.92 Å². The predicted octanol–water partition coefficient (Wildman–Crippen LogP) is 2.47. The van der Waals surface area contributed by atoms with Crippen LogP contribution in [0.3, 0.4) is 0 Å². The van der Waals surface area contributed by atoms with E-state index in [1.807, 2.05) is 13.8 Å². The summed E-state index contributed by atoms with van der Waals surface area (Å²) in [6, 6.07) is 3.51. The molecule has 0 spiro atoms. The van der Waals surface area contributed by atoms with Gasteiger partial charge < -0.3 is 9.47 Å². The van der Waals surface area contributed by atoms with Gasteiger partial charge in [-0.2, -0.15) is 0 Å². The van der Waals surface area contributed by atoms with Crippen LogP contribution in [0.15, 0.2) is 12.1 Å². The van der Waals surface area contributed by atoms with E-state index in [1.54, 1.807) is 19.2 Å². The molecule has 0 aliphatic carbocycles. The second-order valence-corrected chi connectivity index (χ2v) is 3.07. The van der Waals surface area contributed by atoms with Gasteiger partial charge in [0.05, 0.1) is 13.7 Å². The molecule has 1 aromatic carbocycles. The zero-order chi connectivity index (χ0) is 11.3. The molecule has 0 aliphatic rings. The Hall–Kier alpha value is -1.51. The van der Waals surface area contributed by atoms with Crippen molar-refractivity contribution in [3.05, 3.63) is 23.3 Å². The van der Waals surface area contributed by atoms with E-state index >= 15 is 0 Å². The lowest BCUT2D eigenvalue weighted by atomic mass is 10.0. The van der Waals surface area contributed by atoms with Crippen LogP contribution in [0.4, 0.5) is 0 Å². The average Bonchev–Trinajstić information content (AvgIpc) is 2.28. The molecule has 0 fully saturated rings. The zero-order valence-corrected chi connectivity index (χ0v) is 9.37. The normalized spacial score (nSPS) is 9.80. The number of benzene rings is 1. The third kappa shape index (κ3) is 2.29. The Kier molecular flexibility index (Phi) is 4.16. The van der Waals surface area contributed by atoms with Crippen molar-refractivity contribution in [1.29, 1.82) is 0 Å². The van der Waals surface area contributed by atoms with Gasteiger partial charge in [-0.25, -0.2) is 0 Å². The second-order valence-electron chi connectivity index (χ2n) is 3.07. The van der Waals surface area contributed by atoms with Crippen molar-refractivity contribution in [1.82, 2.24) is 0 Å². The van der Waals surface area contributed by atoms with Crippen LogP contribution in [-0.2, 0) is 6.42 Å². The summed E-state index contributed by atoms with van der Waals surface area (Å²) in [5.74, 6) is 1.37. The Balaban J connectivity index is 3.30. The number of methoxy groups -OCH3 is 1. The molecule has 0 aromatic heterocycles. The minimum Gasteiger partial charge on any atom is -0.493 e. The highest BCUT2D eigenvalue weighted by Gasteiger charge is 2.13. The van der Waals surface area contributed by atoms with Gasteiger partial charge in [0.15, 0.2) is 11.5 Å². The minimum atomic E-state index is 0.561. The Labute approximate surface area is 90.0 Å². The predicted molar refractivity (Wildman–Crippen MR) is 58.9 cm³/mol. The van der Waals surface area contributed by atoms with Crippen LogP contribution in [-0.4, -0.2) is 20.0 Å². The highest BCUT2D eigenvalue weighted by Crippen LogP contribution is 2.33. The van der Waals surface area contributed by atoms with E-state index in [0.29, 0.717) is 23.7 Å². The Morgan fingerprint density at radius 1 is 1.33 bits per heavy atom. The van der Waals surface area contributed by atoms with E-state index in [1.165, 1.54) is 0 Å². The molecule has 82 valence electrons. The third-order valence-electron chi connectivity index (χ3n) is 2.25.